The molecule has 1 nitrogen and oxygen atoms in total. The summed E-state index contributed by atoms with van der Waals surface area (Å²) >= 11 is 0. The van der Waals surface area contributed by atoms with Gasteiger partial charge in [-0.25, -0.2) is 0 Å². The van der Waals surface area contributed by atoms with Gasteiger partial charge in [0.25, 0.3) is 0 Å². The standard InChI is InChI=1S/C24H26OP/c1-3-4-18-26(23-14-7-5-8-15-23,24-16-9-6-10-17-24)20-21-12-11-13-22(19-21)25-2/h3-17,19H,18,20H2,1-2H3/q+1/b4-3+. The molecule has 0 aliphatic heterocycles. The van der Waals surface area contributed by atoms with Gasteiger partial charge in [0.1, 0.15) is 5.75 Å². The molecule has 26 heavy (non-hydrogen) atoms. The van der Waals surface area contributed by atoms with Crippen LogP contribution in [-0.4, -0.2) is 13.3 Å². The Morgan fingerprint density at radius 2 is 1.42 bits per heavy atom. The first-order valence-electron chi connectivity index (χ1n) is 9.01. The summed E-state index contributed by atoms with van der Waals surface area (Å²) in [5.41, 5.74) is 1.33. The van der Waals surface area contributed by atoms with Gasteiger partial charge < -0.3 is 4.74 Å². The van der Waals surface area contributed by atoms with E-state index >= 15 is 0 Å². The van der Waals surface area contributed by atoms with E-state index in [1.54, 1.807) is 7.11 Å². The smallest absolute Gasteiger partial charge is 0.119 e. The molecule has 0 unspecified atom stereocenters. The topological polar surface area (TPSA) is 9.23 Å². The van der Waals surface area contributed by atoms with Crippen LogP contribution in [0.3, 0.4) is 0 Å². The fraction of sp³-hybridized carbons (Fsp3) is 0.167. The fourth-order valence-corrected chi connectivity index (χ4v) is 7.49. The number of allylic oxidation sites excluding steroid dienone is 2. The van der Waals surface area contributed by atoms with Crippen LogP contribution in [-0.2, 0) is 6.16 Å². The zero-order chi connectivity index (χ0) is 18.2. The lowest BCUT2D eigenvalue weighted by Gasteiger charge is -2.27. The maximum atomic E-state index is 5.46. The Hall–Kier alpha value is -2.37. The second kappa shape index (κ2) is 8.83. The van der Waals surface area contributed by atoms with Gasteiger partial charge >= 0.3 is 0 Å². The first-order chi connectivity index (χ1) is 12.8. The highest BCUT2D eigenvalue weighted by Crippen LogP contribution is 2.59. The SMILES string of the molecule is C/C=C/C[P+](Cc1cccc(OC)c1)(c1ccccc1)c1ccccc1. The number of ether oxygens (including phenoxy) is 1. The van der Waals surface area contributed by atoms with Crippen molar-refractivity contribution in [1.82, 2.24) is 0 Å². The Kier molecular flexibility index (Phi) is 6.26. The fourth-order valence-electron chi connectivity index (χ4n) is 3.40. The molecule has 0 N–H and O–H groups in total. The molecule has 3 aromatic carbocycles. The Labute approximate surface area is 157 Å². The van der Waals surface area contributed by atoms with Gasteiger partial charge in [0, 0.05) is 0 Å². The second-order valence-electron chi connectivity index (χ2n) is 6.40. The van der Waals surface area contributed by atoms with Crippen molar-refractivity contribution in [3.8, 4) is 5.75 Å². The molecule has 0 amide bonds. The van der Waals surface area contributed by atoms with Crippen molar-refractivity contribution in [3.63, 3.8) is 0 Å². The summed E-state index contributed by atoms with van der Waals surface area (Å²) in [6.07, 6.45) is 6.59. The Morgan fingerprint density at radius 3 is 1.96 bits per heavy atom. The Morgan fingerprint density at radius 1 is 0.808 bits per heavy atom. The van der Waals surface area contributed by atoms with E-state index in [4.69, 9.17) is 4.74 Å². The molecule has 0 saturated heterocycles. The largest absolute Gasteiger partial charge is 0.497 e. The van der Waals surface area contributed by atoms with Crippen LogP contribution in [0.5, 0.6) is 5.75 Å². The summed E-state index contributed by atoms with van der Waals surface area (Å²) in [4.78, 5) is 0. The van der Waals surface area contributed by atoms with Crippen LogP contribution in [0.15, 0.2) is 97.1 Å². The third-order valence-electron chi connectivity index (χ3n) is 4.74. The van der Waals surface area contributed by atoms with Crippen LogP contribution >= 0.6 is 7.26 Å². The predicted molar refractivity (Wildman–Crippen MR) is 115 cm³/mol. The monoisotopic (exact) mass is 361 g/mol. The normalized spacial score (nSPS) is 11.6. The molecule has 2 heteroatoms. The molecule has 0 aromatic heterocycles. The molecule has 0 radical (unpaired) electrons. The van der Waals surface area contributed by atoms with Crippen LogP contribution in [0.25, 0.3) is 0 Å². The van der Waals surface area contributed by atoms with Crippen molar-refractivity contribution in [1.29, 1.82) is 0 Å². The van der Waals surface area contributed by atoms with Crippen molar-refractivity contribution in [3.05, 3.63) is 103 Å². The summed E-state index contributed by atoms with van der Waals surface area (Å²) in [5, 5.41) is 2.90. The maximum absolute atomic E-state index is 5.46. The van der Waals surface area contributed by atoms with Gasteiger partial charge in [-0.05, 0) is 48.9 Å². The first kappa shape index (κ1) is 18.4. The number of hydrogen-bond acceptors (Lipinski definition) is 1. The van der Waals surface area contributed by atoms with Crippen LogP contribution < -0.4 is 15.3 Å². The van der Waals surface area contributed by atoms with Gasteiger partial charge in [-0.2, -0.15) is 0 Å². The molecule has 0 aliphatic carbocycles. The Bertz CT molecular complexity index is 801. The molecule has 0 atom stereocenters. The van der Waals surface area contributed by atoms with Gasteiger partial charge in [0.15, 0.2) is 0 Å². The molecule has 0 aliphatic rings. The minimum atomic E-state index is -1.61. The summed E-state index contributed by atoms with van der Waals surface area (Å²) in [6, 6.07) is 30.5. The molecular weight excluding hydrogens is 335 g/mol. The van der Waals surface area contributed by atoms with Crippen molar-refractivity contribution in [2.75, 3.05) is 13.3 Å². The van der Waals surface area contributed by atoms with Crippen LogP contribution in [0.1, 0.15) is 12.5 Å². The molecule has 0 fully saturated rings. The highest BCUT2D eigenvalue weighted by Gasteiger charge is 2.41. The minimum Gasteiger partial charge on any atom is -0.497 e. The predicted octanol–water partition coefficient (Wildman–Crippen LogP) is 5.44. The van der Waals surface area contributed by atoms with E-state index in [2.05, 4.69) is 97.9 Å². The number of benzene rings is 3. The van der Waals surface area contributed by atoms with Crippen LogP contribution in [0, 0.1) is 0 Å². The summed E-state index contributed by atoms with van der Waals surface area (Å²) in [6.45, 7) is 2.11. The third-order valence-corrected chi connectivity index (χ3v) is 9.05. The van der Waals surface area contributed by atoms with Gasteiger partial charge in [-0.3, -0.25) is 0 Å². The minimum absolute atomic E-state index is 0.924. The summed E-state index contributed by atoms with van der Waals surface area (Å²) < 4.78 is 5.46. The number of methoxy groups -OCH3 is 1. The van der Waals surface area contributed by atoms with Crippen LogP contribution in [0.4, 0.5) is 0 Å². The zero-order valence-corrected chi connectivity index (χ0v) is 16.4. The second-order valence-corrected chi connectivity index (χ2v) is 10.1. The highest BCUT2D eigenvalue weighted by molar-refractivity contribution is 7.89. The van der Waals surface area contributed by atoms with E-state index in [-0.39, 0.29) is 0 Å². The van der Waals surface area contributed by atoms with E-state index in [0.29, 0.717) is 0 Å². The van der Waals surface area contributed by atoms with Crippen molar-refractivity contribution in [2.24, 2.45) is 0 Å². The zero-order valence-electron chi connectivity index (χ0n) is 15.5. The van der Waals surface area contributed by atoms with Crippen molar-refractivity contribution < 1.29 is 4.74 Å². The lowest BCUT2D eigenvalue weighted by Crippen LogP contribution is -2.26. The molecular formula is C24H26OP+. The van der Waals surface area contributed by atoms with E-state index in [1.807, 2.05) is 6.07 Å². The molecule has 0 bridgehead atoms. The van der Waals surface area contributed by atoms with Crippen LogP contribution in [0.2, 0.25) is 0 Å². The molecule has 0 spiro atoms. The average Bonchev–Trinajstić information content (AvgIpc) is 2.72. The number of rotatable bonds is 7. The van der Waals surface area contributed by atoms with Gasteiger partial charge in [-0.1, -0.05) is 60.7 Å². The van der Waals surface area contributed by atoms with E-state index in [9.17, 15) is 0 Å². The maximum Gasteiger partial charge on any atom is 0.119 e. The van der Waals surface area contributed by atoms with Gasteiger partial charge in [0.05, 0.1) is 37.3 Å². The average molecular weight is 361 g/mol. The highest BCUT2D eigenvalue weighted by atomic mass is 31.2. The molecule has 132 valence electrons. The van der Waals surface area contributed by atoms with Gasteiger partial charge in [-0.15, -0.1) is 0 Å². The Balaban J connectivity index is 2.15. The molecule has 3 rings (SSSR count). The van der Waals surface area contributed by atoms with Gasteiger partial charge in [0.2, 0.25) is 0 Å². The van der Waals surface area contributed by atoms with Crippen molar-refractivity contribution >= 4 is 17.9 Å². The summed E-state index contributed by atoms with van der Waals surface area (Å²) in [7, 11) is 0.120. The number of hydrogen-bond donors (Lipinski definition) is 0. The molecule has 3 aromatic rings. The lowest BCUT2D eigenvalue weighted by atomic mass is 10.2. The third kappa shape index (κ3) is 4.06. The summed E-state index contributed by atoms with van der Waals surface area (Å²) in [5.74, 6) is 0.924. The van der Waals surface area contributed by atoms with E-state index < -0.39 is 7.26 Å². The quantitative estimate of drug-likeness (QED) is 0.402. The van der Waals surface area contributed by atoms with E-state index in [1.165, 1.54) is 16.2 Å². The first-order valence-corrected chi connectivity index (χ1v) is 11.2. The lowest BCUT2D eigenvalue weighted by molar-refractivity contribution is 0.414. The molecule has 0 heterocycles. The van der Waals surface area contributed by atoms with Crippen molar-refractivity contribution in [2.45, 2.75) is 13.1 Å². The molecule has 0 saturated carbocycles. The van der Waals surface area contributed by atoms with E-state index in [0.717, 1.165) is 18.1 Å².